The number of unbranched alkanes of at least 4 members (excludes halogenated alkanes) is 18. The SMILES string of the molecule is CCCCCCCCCCCCN(CCCCCCCCCCCC)C(CCC)(C(=O)O)[N+](C)(C)C. The molecule has 4 heteroatoms. The van der Waals surface area contributed by atoms with Gasteiger partial charge in [0, 0.05) is 19.5 Å². The van der Waals surface area contributed by atoms with E-state index in [1.807, 2.05) is 0 Å². The normalized spacial score (nSPS) is 13.9. The number of carboxylic acid groups (broad SMARTS) is 1. The maximum absolute atomic E-state index is 12.8. The standard InChI is InChI=1S/C32H66N2O2/c1-7-10-12-14-16-18-20-22-24-26-29-33(32(28-9-3,31(35)36)34(4,5)6)30-27-25-23-21-19-17-15-13-11-8-2/h7-30H2,1-6H3/p+1. The molecule has 36 heavy (non-hydrogen) atoms. The molecule has 216 valence electrons. The second kappa shape index (κ2) is 22.4. The Balaban J connectivity index is 4.69. The van der Waals surface area contributed by atoms with Crippen LogP contribution in [-0.4, -0.2) is 60.4 Å². The minimum atomic E-state index is -0.826. The maximum atomic E-state index is 12.8. The van der Waals surface area contributed by atoms with Gasteiger partial charge in [0.1, 0.15) is 0 Å². The highest BCUT2D eigenvalue weighted by molar-refractivity contribution is 5.76. The second-order valence-corrected chi connectivity index (χ2v) is 12.2. The third kappa shape index (κ3) is 15.0. The Hall–Kier alpha value is -0.610. The summed E-state index contributed by atoms with van der Waals surface area (Å²) in [7, 11) is 6.23. The zero-order chi connectivity index (χ0) is 27.1. The fraction of sp³-hybridized carbons (Fsp3) is 0.969. The van der Waals surface area contributed by atoms with Crippen molar-refractivity contribution in [3.05, 3.63) is 0 Å². The van der Waals surface area contributed by atoms with Gasteiger partial charge in [-0.25, -0.2) is 9.69 Å². The van der Waals surface area contributed by atoms with E-state index in [4.69, 9.17) is 0 Å². The van der Waals surface area contributed by atoms with Crippen molar-refractivity contribution < 1.29 is 14.4 Å². The molecule has 0 rings (SSSR count). The van der Waals surface area contributed by atoms with E-state index in [0.29, 0.717) is 10.9 Å². The number of hydrogen-bond donors (Lipinski definition) is 1. The summed E-state index contributed by atoms with van der Waals surface area (Å²) in [6.07, 6.45) is 28.0. The molecule has 1 N–H and O–H groups in total. The van der Waals surface area contributed by atoms with Gasteiger partial charge in [-0.05, 0) is 19.3 Å². The molecule has 0 aromatic heterocycles. The molecule has 1 unspecified atom stereocenters. The molecule has 0 aromatic carbocycles. The lowest BCUT2D eigenvalue weighted by atomic mass is 9.96. The van der Waals surface area contributed by atoms with Gasteiger partial charge >= 0.3 is 5.97 Å². The number of carbonyl (C=O) groups is 1. The first-order valence-corrected chi connectivity index (χ1v) is 16.1. The molecule has 0 fully saturated rings. The molecular weight excluding hydrogens is 444 g/mol. The fourth-order valence-corrected chi connectivity index (χ4v) is 5.86. The molecule has 0 spiro atoms. The average Bonchev–Trinajstić information content (AvgIpc) is 2.82. The summed E-state index contributed by atoms with van der Waals surface area (Å²) < 4.78 is 0.464. The van der Waals surface area contributed by atoms with Crippen LogP contribution in [0.3, 0.4) is 0 Å². The Bertz CT molecular complexity index is 479. The van der Waals surface area contributed by atoms with Gasteiger partial charge < -0.3 is 9.59 Å². The Morgan fingerprint density at radius 3 is 1.11 bits per heavy atom. The van der Waals surface area contributed by atoms with E-state index in [1.165, 1.54) is 116 Å². The third-order valence-electron chi connectivity index (χ3n) is 8.14. The van der Waals surface area contributed by atoms with Crippen LogP contribution in [0, 0.1) is 0 Å². The largest absolute Gasteiger partial charge is 0.476 e. The molecule has 0 amide bonds. The molecule has 0 aliphatic carbocycles. The molecule has 0 saturated heterocycles. The highest BCUT2D eigenvalue weighted by atomic mass is 16.4. The van der Waals surface area contributed by atoms with Crippen LogP contribution in [0.25, 0.3) is 0 Å². The summed E-state index contributed by atoms with van der Waals surface area (Å²) in [6.45, 7) is 8.51. The van der Waals surface area contributed by atoms with Crippen molar-refractivity contribution in [2.24, 2.45) is 0 Å². The van der Waals surface area contributed by atoms with Crippen molar-refractivity contribution in [3.8, 4) is 0 Å². The molecule has 0 saturated carbocycles. The molecule has 0 aliphatic rings. The van der Waals surface area contributed by atoms with Gasteiger partial charge in [-0.2, -0.15) is 0 Å². The van der Waals surface area contributed by atoms with E-state index < -0.39 is 11.6 Å². The Kier molecular flexibility index (Phi) is 22.0. The number of rotatable bonds is 27. The number of aliphatic carboxylic acids is 1. The lowest BCUT2D eigenvalue weighted by Gasteiger charge is -2.49. The molecule has 0 aliphatic heterocycles. The predicted molar refractivity (Wildman–Crippen MR) is 159 cm³/mol. The minimum absolute atomic E-state index is 0.464. The van der Waals surface area contributed by atoms with Crippen molar-refractivity contribution >= 4 is 5.97 Å². The van der Waals surface area contributed by atoms with Gasteiger partial charge in [-0.1, -0.05) is 136 Å². The van der Waals surface area contributed by atoms with Gasteiger partial charge in [0.25, 0.3) is 5.66 Å². The summed E-state index contributed by atoms with van der Waals surface area (Å²) in [5.74, 6) is -0.643. The van der Waals surface area contributed by atoms with Gasteiger partial charge in [0.15, 0.2) is 0 Å². The Labute approximate surface area is 227 Å². The van der Waals surface area contributed by atoms with E-state index in [0.717, 1.165) is 32.4 Å². The summed E-state index contributed by atoms with van der Waals surface area (Å²) >= 11 is 0. The highest BCUT2D eigenvalue weighted by Gasteiger charge is 2.54. The van der Waals surface area contributed by atoms with Crippen molar-refractivity contribution in [1.29, 1.82) is 0 Å². The number of nitrogens with zero attached hydrogens (tertiary/aromatic N) is 2. The van der Waals surface area contributed by atoms with Crippen LogP contribution in [0.2, 0.25) is 0 Å². The summed E-state index contributed by atoms with van der Waals surface area (Å²) in [5.41, 5.74) is -0.826. The number of likely N-dealkylation sites (N-methyl/N-ethyl adjacent to an activating group) is 1. The third-order valence-corrected chi connectivity index (χ3v) is 8.14. The quantitative estimate of drug-likeness (QED) is 0.0678. The number of quaternary nitrogens is 1. The van der Waals surface area contributed by atoms with Crippen molar-refractivity contribution in [1.82, 2.24) is 4.90 Å². The monoisotopic (exact) mass is 512 g/mol. The highest BCUT2D eigenvalue weighted by Crippen LogP contribution is 2.31. The first-order chi connectivity index (χ1) is 17.3. The zero-order valence-electron chi connectivity index (χ0n) is 25.7. The number of carboxylic acids is 1. The molecule has 0 radical (unpaired) electrons. The summed E-state index contributed by atoms with van der Waals surface area (Å²) in [6, 6.07) is 0. The van der Waals surface area contributed by atoms with E-state index in [9.17, 15) is 9.90 Å². The van der Waals surface area contributed by atoms with Crippen molar-refractivity contribution in [3.63, 3.8) is 0 Å². The molecular formula is C32H67N2O2+. The molecule has 0 heterocycles. The Morgan fingerprint density at radius 2 is 0.861 bits per heavy atom. The van der Waals surface area contributed by atoms with E-state index in [2.05, 4.69) is 46.8 Å². The van der Waals surface area contributed by atoms with Crippen LogP contribution >= 0.6 is 0 Å². The first-order valence-electron chi connectivity index (χ1n) is 16.1. The van der Waals surface area contributed by atoms with Gasteiger partial charge in [-0.3, -0.25) is 0 Å². The maximum Gasteiger partial charge on any atom is 0.382 e. The van der Waals surface area contributed by atoms with Gasteiger partial charge in [0.2, 0.25) is 0 Å². The zero-order valence-corrected chi connectivity index (χ0v) is 25.7. The van der Waals surface area contributed by atoms with E-state index in [-0.39, 0.29) is 0 Å². The first kappa shape index (κ1) is 35.4. The summed E-state index contributed by atoms with van der Waals surface area (Å²) in [5, 5.41) is 10.5. The minimum Gasteiger partial charge on any atom is -0.476 e. The molecule has 0 bridgehead atoms. The van der Waals surface area contributed by atoms with Crippen molar-refractivity contribution in [2.75, 3.05) is 34.2 Å². The number of hydrogen-bond acceptors (Lipinski definition) is 2. The van der Waals surface area contributed by atoms with Crippen LogP contribution < -0.4 is 0 Å². The molecule has 1 atom stereocenters. The lowest BCUT2D eigenvalue weighted by Crippen LogP contribution is -2.71. The van der Waals surface area contributed by atoms with Gasteiger partial charge in [-0.15, -0.1) is 0 Å². The smallest absolute Gasteiger partial charge is 0.382 e. The predicted octanol–water partition coefficient (Wildman–Crippen LogP) is 9.42. The van der Waals surface area contributed by atoms with Crippen LogP contribution in [0.5, 0.6) is 0 Å². The van der Waals surface area contributed by atoms with Crippen LogP contribution in [0.1, 0.15) is 162 Å². The van der Waals surface area contributed by atoms with Crippen LogP contribution in [0.4, 0.5) is 0 Å². The molecule has 4 nitrogen and oxygen atoms in total. The van der Waals surface area contributed by atoms with Crippen LogP contribution in [0.15, 0.2) is 0 Å². The van der Waals surface area contributed by atoms with Gasteiger partial charge in [0.05, 0.1) is 21.1 Å². The molecule has 0 aromatic rings. The second-order valence-electron chi connectivity index (χ2n) is 12.2. The average molecular weight is 512 g/mol. The van der Waals surface area contributed by atoms with E-state index >= 15 is 0 Å². The van der Waals surface area contributed by atoms with E-state index in [1.54, 1.807) is 0 Å². The fourth-order valence-electron chi connectivity index (χ4n) is 5.86. The summed E-state index contributed by atoms with van der Waals surface area (Å²) in [4.78, 5) is 15.2. The van der Waals surface area contributed by atoms with Crippen LogP contribution in [-0.2, 0) is 4.79 Å². The topological polar surface area (TPSA) is 40.5 Å². The van der Waals surface area contributed by atoms with Crippen molar-refractivity contribution in [2.45, 2.75) is 168 Å². The lowest BCUT2D eigenvalue weighted by molar-refractivity contribution is -0.928. The Morgan fingerprint density at radius 1 is 0.556 bits per heavy atom.